The third-order valence-corrected chi connectivity index (χ3v) is 1.55. The molecule has 0 saturated heterocycles. The smallest absolute Gasteiger partial charge is 0.168 e. The van der Waals surface area contributed by atoms with Crippen molar-refractivity contribution >= 4 is 6.29 Å². The van der Waals surface area contributed by atoms with Crippen LogP contribution >= 0.6 is 0 Å². The molecule has 0 N–H and O–H groups in total. The van der Waals surface area contributed by atoms with Gasteiger partial charge in [-0.25, -0.2) is 0 Å². The van der Waals surface area contributed by atoms with Gasteiger partial charge in [-0.15, -0.1) is 0 Å². The van der Waals surface area contributed by atoms with Crippen LogP contribution in [0.3, 0.4) is 0 Å². The van der Waals surface area contributed by atoms with E-state index in [-0.39, 0.29) is 6.10 Å². The van der Waals surface area contributed by atoms with Gasteiger partial charge in [0.25, 0.3) is 0 Å². The van der Waals surface area contributed by atoms with Gasteiger partial charge in [0.1, 0.15) is 5.69 Å². The largest absolute Gasteiger partial charge is 0.374 e. The zero-order chi connectivity index (χ0) is 9.68. The van der Waals surface area contributed by atoms with Crippen molar-refractivity contribution < 1.29 is 9.53 Å². The number of carbonyl (C=O) groups excluding carboxylic acids is 1. The van der Waals surface area contributed by atoms with Crippen LogP contribution < -0.4 is 0 Å². The highest BCUT2D eigenvalue weighted by Gasteiger charge is 1.97. The molecule has 1 heterocycles. The van der Waals surface area contributed by atoms with E-state index in [1.165, 1.54) is 0 Å². The van der Waals surface area contributed by atoms with Crippen LogP contribution in [0.25, 0.3) is 0 Å². The summed E-state index contributed by atoms with van der Waals surface area (Å²) in [5, 5.41) is 0. The standard InChI is InChI=1S/C10H13NO2/c1-8(2)13-7-9-3-4-10(6-12)11-5-9/h3-6,8H,7H2,1-2H3. The number of hydrogen-bond donors (Lipinski definition) is 0. The molecule has 70 valence electrons. The van der Waals surface area contributed by atoms with Crippen LogP contribution in [0, 0.1) is 0 Å². The molecule has 0 amide bonds. The molecule has 0 bridgehead atoms. The first kappa shape index (κ1) is 9.86. The van der Waals surface area contributed by atoms with Crippen LogP contribution in [0.2, 0.25) is 0 Å². The minimum Gasteiger partial charge on any atom is -0.374 e. The van der Waals surface area contributed by atoms with Crippen molar-refractivity contribution in [3.8, 4) is 0 Å². The maximum atomic E-state index is 10.3. The van der Waals surface area contributed by atoms with E-state index < -0.39 is 0 Å². The molecule has 0 unspecified atom stereocenters. The van der Waals surface area contributed by atoms with E-state index in [1.807, 2.05) is 19.9 Å². The average molecular weight is 179 g/mol. The molecule has 0 saturated carbocycles. The molecule has 1 aromatic rings. The van der Waals surface area contributed by atoms with E-state index in [0.29, 0.717) is 12.3 Å². The fourth-order valence-corrected chi connectivity index (χ4v) is 0.854. The van der Waals surface area contributed by atoms with Gasteiger partial charge in [0.2, 0.25) is 0 Å². The summed E-state index contributed by atoms with van der Waals surface area (Å²) >= 11 is 0. The first-order valence-corrected chi connectivity index (χ1v) is 4.24. The highest BCUT2D eigenvalue weighted by Crippen LogP contribution is 2.02. The molecule has 1 aromatic heterocycles. The Morgan fingerprint density at radius 1 is 1.54 bits per heavy atom. The summed E-state index contributed by atoms with van der Waals surface area (Å²) in [5.41, 5.74) is 1.44. The molecule has 0 aliphatic heterocycles. The van der Waals surface area contributed by atoms with Crippen molar-refractivity contribution in [1.82, 2.24) is 4.98 Å². The maximum absolute atomic E-state index is 10.3. The molecule has 3 nitrogen and oxygen atoms in total. The van der Waals surface area contributed by atoms with Crippen molar-refractivity contribution in [2.75, 3.05) is 0 Å². The van der Waals surface area contributed by atoms with Gasteiger partial charge in [-0.2, -0.15) is 0 Å². The third kappa shape index (κ3) is 3.34. The van der Waals surface area contributed by atoms with Crippen LogP contribution in [0.4, 0.5) is 0 Å². The lowest BCUT2D eigenvalue weighted by Crippen LogP contribution is -2.02. The first-order chi connectivity index (χ1) is 6.22. The van der Waals surface area contributed by atoms with Crippen molar-refractivity contribution in [1.29, 1.82) is 0 Å². The Kier molecular flexibility index (Phi) is 3.58. The number of hydrogen-bond acceptors (Lipinski definition) is 3. The van der Waals surface area contributed by atoms with Crippen molar-refractivity contribution in [2.45, 2.75) is 26.6 Å². The molecule has 1 rings (SSSR count). The Morgan fingerprint density at radius 3 is 2.77 bits per heavy atom. The van der Waals surface area contributed by atoms with Gasteiger partial charge in [-0.1, -0.05) is 6.07 Å². The molecular formula is C10H13NO2. The number of carbonyl (C=O) groups is 1. The van der Waals surface area contributed by atoms with E-state index in [4.69, 9.17) is 4.74 Å². The Balaban J connectivity index is 2.54. The Morgan fingerprint density at radius 2 is 2.31 bits per heavy atom. The lowest BCUT2D eigenvalue weighted by molar-refractivity contribution is 0.0655. The fourth-order valence-electron chi connectivity index (χ4n) is 0.854. The summed E-state index contributed by atoms with van der Waals surface area (Å²) < 4.78 is 5.37. The lowest BCUT2D eigenvalue weighted by atomic mass is 10.2. The summed E-state index contributed by atoms with van der Waals surface area (Å²) in [5.74, 6) is 0. The SMILES string of the molecule is CC(C)OCc1ccc(C=O)nc1. The summed E-state index contributed by atoms with van der Waals surface area (Å²) in [6.07, 6.45) is 2.60. The van der Waals surface area contributed by atoms with Crippen LogP contribution in [0.5, 0.6) is 0 Å². The number of pyridine rings is 1. The molecule has 0 fully saturated rings. The van der Waals surface area contributed by atoms with Crippen molar-refractivity contribution in [3.05, 3.63) is 29.6 Å². The molecule has 13 heavy (non-hydrogen) atoms. The van der Waals surface area contributed by atoms with Crippen LogP contribution in [0.15, 0.2) is 18.3 Å². The molecule has 0 spiro atoms. The topological polar surface area (TPSA) is 39.2 Å². The molecule has 0 atom stereocenters. The van der Waals surface area contributed by atoms with E-state index in [0.717, 1.165) is 11.8 Å². The Hall–Kier alpha value is -1.22. The minimum absolute atomic E-state index is 0.214. The van der Waals surface area contributed by atoms with Gasteiger partial charge in [-0.3, -0.25) is 9.78 Å². The number of aldehydes is 1. The molecule has 3 heteroatoms. The fraction of sp³-hybridized carbons (Fsp3) is 0.400. The van der Waals surface area contributed by atoms with E-state index in [1.54, 1.807) is 12.3 Å². The average Bonchev–Trinajstić information content (AvgIpc) is 2.15. The Bertz CT molecular complexity index is 267. The van der Waals surface area contributed by atoms with Gasteiger partial charge < -0.3 is 4.74 Å². The summed E-state index contributed by atoms with van der Waals surface area (Å²) in [6.45, 7) is 4.50. The predicted molar refractivity (Wildman–Crippen MR) is 49.5 cm³/mol. The Labute approximate surface area is 77.8 Å². The van der Waals surface area contributed by atoms with Crippen molar-refractivity contribution in [3.63, 3.8) is 0 Å². The second-order valence-corrected chi connectivity index (χ2v) is 3.07. The molecule has 0 aliphatic rings. The summed E-state index contributed by atoms with van der Waals surface area (Å²) in [7, 11) is 0. The maximum Gasteiger partial charge on any atom is 0.168 e. The predicted octanol–water partition coefficient (Wildman–Crippen LogP) is 1.82. The van der Waals surface area contributed by atoms with Gasteiger partial charge in [-0.05, 0) is 25.5 Å². The summed E-state index contributed by atoms with van der Waals surface area (Å²) in [4.78, 5) is 14.2. The number of nitrogens with zero attached hydrogens (tertiary/aromatic N) is 1. The van der Waals surface area contributed by atoms with Gasteiger partial charge in [0, 0.05) is 6.20 Å². The molecule has 0 aliphatic carbocycles. The quantitative estimate of drug-likeness (QED) is 0.662. The minimum atomic E-state index is 0.214. The third-order valence-electron chi connectivity index (χ3n) is 1.55. The van der Waals surface area contributed by atoms with Crippen LogP contribution in [-0.4, -0.2) is 17.4 Å². The number of ether oxygens (including phenoxy) is 1. The van der Waals surface area contributed by atoms with Gasteiger partial charge in [0.05, 0.1) is 12.7 Å². The first-order valence-electron chi connectivity index (χ1n) is 4.24. The van der Waals surface area contributed by atoms with Crippen molar-refractivity contribution in [2.24, 2.45) is 0 Å². The molecule has 0 radical (unpaired) electrons. The van der Waals surface area contributed by atoms with Gasteiger partial charge >= 0.3 is 0 Å². The van der Waals surface area contributed by atoms with E-state index >= 15 is 0 Å². The van der Waals surface area contributed by atoms with Gasteiger partial charge in [0.15, 0.2) is 6.29 Å². The molecule has 0 aromatic carbocycles. The summed E-state index contributed by atoms with van der Waals surface area (Å²) in [6, 6.07) is 3.53. The van der Waals surface area contributed by atoms with Crippen LogP contribution in [0.1, 0.15) is 29.9 Å². The normalized spacial score (nSPS) is 10.4. The van der Waals surface area contributed by atoms with Crippen LogP contribution in [-0.2, 0) is 11.3 Å². The monoisotopic (exact) mass is 179 g/mol. The second kappa shape index (κ2) is 4.72. The number of rotatable bonds is 4. The lowest BCUT2D eigenvalue weighted by Gasteiger charge is -2.06. The second-order valence-electron chi connectivity index (χ2n) is 3.07. The van der Waals surface area contributed by atoms with E-state index in [2.05, 4.69) is 4.98 Å². The molecular weight excluding hydrogens is 166 g/mol. The number of aromatic nitrogens is 1. The zero-order valence-corrected chi connectivity index (χ0v) is 7.86. The zero-order valence-electron chi connectivity index (χ0n) is 7.86. The highest BCUT2D eigenvalue weighted by atomic mass is 16.5. The highest BCUT2D eigenvalue weighted by molar-refractivity contribution is 5.71. The van der Waals surface area contributed by atoms with E-state index in [9.17, 15) is 4.79 Å².